The maximum Gasteiger partial charge on any atom is 0.123 e. The van der Waals surface area contributed by atoms with Crippen LogP contribution in [0.1, 0.15) is 252 Å². The first-order valence-electron chi connectivity index (χ1n) is 33.7. The maximum atomic E-state index is 6.44. The van der Waals surface area contributed by atoms with E-state index in [-0.39, 0.29) is 95.9 Å². The molecule has 0 unspecified atom stereocenters. The van der Waals surface area contributed by atoms with Crippen molar-refractivity contribution in [1.82, 2.24) is 0 Å². The fourth-order valence-corrected chi connectivity index (χ4v) is 10.6. The number of hydrogen-bond acceptors (Lipinski definition) is 4. The third-order valence-electron chi connectivity index (χ3n) is 16.1. The molecule has 0 aliphatic rings. The summed E-state index contributed by atoms with van der Waals surface area (Å²) in [5.74, 6) is 3.50. The quantitative estimate of drug-likeness (QED) is 0.0314. The molecule has 0 spiro atoms. The summed E-state index contributed by atoms with van der Waals surface area (Å²) >= 11 is 0. The molecule has 0 amide bonds. The van der Waals surface area contributed by atoms with E-state index in [2.05, 4.69) is 146 Å². The molecule has 0 radical (unpaired) electrons. The minimum absolute atomic E-state index is 0. The second kappa shape index (κ2) is 57.3. The van der Waals surface area contributed by atoms with Gasteiger partial charge in [0.2, 0.25) is 0 Å². The van der Waals surface area contributed by atoms with Crippen molar-refractivity contribution in [3.05, 3.63) is 47.5 Å². The van der Waals surface area contributed by atoms with E-state index in [4.69, 9.17) is 18.9 Å². The standard InChI is InChI=1S/C59H108N3O4.C12H28N.4HI/c1-11-15-18-27-38-60(5,6)41-30-21-24-33-45-64-57-49-54(48-56(52-57)63-44-14-4)36-37-55-50-58(65-46-34-25-22-31-42-61(7,8)39-28-19-16-12-2)53-59(51-55)66-47-35-26-23-32-43-62(9,10)40-29-20-17-13-3;1-5-7-9-10-12-13(3,4)11-8-6-2;;;;/h36-37,48-53H,11-35,38-47H2,1-10H3;5-12H2,1-4H3;4*1H/q+3;+1;;;;/p-4/b37-36+;;;;;. The Morgan fingerprint density at radius 2 is 0.446 bits per heavy atom. The van der Waals surface area contributed by atoms with Gasteiger partial charge < -0.3 is 133 Å². The van der Waals surface area contributed by atoms with Crippen LogP contribution >= 0.6 is 0 Å². The summed E-state index contributed by atoms with van der Waals surface area (Å²) in [6.07, 6.45) is 44.2. The third-order valence-corrected chi connectivity index (χ3v) is 16.1. The van der Waals surface area contributed by atoms with E-state index in [1.165, 1.54) is 230 Å². The molecule has 0 heterocycles. The van der Waals surface area contributed by atoms with Gasteiger partial charge in [0.1, 0.15) is 23.0 Å². The van der Waals surface area contributed by atoms with Crippen LogP contribution in [0.4, 0.5) is 0 Å². The van der Waals surface area contributed by atoms with Crippen LogP contribution in [-0.4, -0.2) is 153 Å². The maximum absolute atomic E-state index is 6.44. The zero-order valence-electron chi connectivity index (χ0n) is 57.0. The van der Waals surface area contributed by atoms with Gasteiger partial charge in [0, 0.05) is 12.1 Å². The highest BCUT2D eigenvalue weighted by molar-refractivity contribution is 5.72. The van der Waals surface area contributed by atoms with E-state index in [9.17, 15) is 0 Å². The highest BCUT2D eigenvalue weighted by atomic mass is 127. The van der Waals surface area contributed by atoms with Gasteiger partial charge in [-0.1, -0.05) is 111 Å². The summed E-state index contributed by atoms with van der Waals surface area (Å²) in [4.78, 5) is 0. The number of ether oxygens (including phenoxy) is 4. The molecule has 12 heteroatoms. The Morgan fingerprint density at radius 3 is 0.675 bits per heavy atom. The van der Waals surface area contributed by atoms with Crippen LogP contribution in [0, 0.1) is 0 Å². The largest absolute Gasteiger partial charge is 1.00 e. The lowest BCUT2D eigenvalue weighted by Gasteiger charge is -2.30. The van der Waals surface area contributed by atoms with Crippen LogP contribution in [0.5, 0.6) is 23.0 Å². The van der Waals surface area contributed by atoms with Gasteiger partial charge in [-0.3, -0.25) is 0 Å². The summed E-state index contributed by atoms with van der Waals surface area (Å²) in [7, 11) is 19.1. The summed E-state index contributed by atoms with van der Waals surface area (Å²) in [5, 5.41) is 0. The van der Waals surface area contributed by atoms with Gasteiger partial charge >= 0.3 is 0 Å². The molecule has 0 fully saturated rings. The second-order valence-electron chi connectivity index (χ2n) is 26.6. The first kappa shape index (κ1) is 89.6. The summed E-state index contributed by atoms with van der Waals surface area (Å²) in [5.41, 5.74) is 2.14. The first-order valence-corrected chi connectivity index (χ1v) is 33.7. The Bertz CT molecular complexity index is 1710. The first-order chi connectivity index (χ1) is 37.9. The van der Waals surface area contributed by atoms with E-state index >= 15 is 0 Å². The Kier molecular flexibility index (Phi) is 61.8. The molecule has 2 rings (SSSR count). The second-order valence-corrected chi connectivity index (χ2v) is 26.6. The van der Waals surface area contributed by atoms with Crippen LogP contribution in [0.25, 0.3) is 12.2 Å². The van der Waals surface area contributed by atoms with Crippen molar-refractivity contribution in [1.29, 1.82) is 0 Å². The molecule has 0 aliphatic heterocycles. The molecule has 2 aromatic carbocycles. The number of rotatable bonds is 52. The van der Waals surface area contributed by atoms with Gasteiger partial charge in [-0.2, -0.15) is 0 Å². The summed E-state index contributed by atoms with van der Waals surface area (Å²) in [6.45, 7) is 26.8. The lowest BCUT2D eigenvalue weighted by molar-refractivity contribution is -0.890. The fraction of sp³-hybridized carbons (Fsp3) is 0.803. The van der Waals surface area contributed by atoms with Crippen molar-refractivity contribution in [2.75, 3.05) is 135 Å². The number of benzene rings is 2. The van der Waals surface area contributed by atoms with E-state index < -0.39 is 0 Å². The van der Waals surface area contributed by atoms with Gasteiger partial charge in [-0.05, 0) is 177 Å². The van der Waals surface area contributed by atoms with Crippen molar-refractivity contribution in [2.45, 2.75) is 241 Å². The van der Waals surface area contributed by atoms with Crippen LogP contribution in [0.15, 0.2) is 36.4 Å². The molecule has 492 valence electrons. The third kappa shape index (κ3) is 53.7. The summed E-state index contributed by atoms with van der Waals surface area (Å²) < 4.78 is 30.0. The normalized spacial score (nSPS) is 11.7. The molecule has 0 aliphatic carbocycles. The molecule has 0 N–H and O–H groups in total. The Hall–Kier alpha value is 0.140. The molecule has 0 saturated carbocycles. The Labute approximate surface area is 585 Å². The lowest BCUT2D eigenvalue weighted by Crippen LogP contribution is -3.00. The van der Waals surface area contributed by atoms with Crippen molar-refractivity contribution < 1.29 is 133 Å². The molecule has 8 nitrogen and oxygen atoms in total. The molecule has 0 bridgehead atoms. The van der Waals surface area contributed by atoms with Crippen molar-refractivity contribution in [3.8, 4) is 23.0 Å². The zero-order chi connectivity index (χ0) is 58.4. The van der Waals surface area contributed by atoms with Gasteiger partial charge in [0.05, 0.1) is 135 Å². The number of nitrogens with zero attached hydrogens (tertiary/aromatic N) is 4. The predicted octanol–water partition coefficient (Wildman–Crippen LogP) is 6.89. The molecular formula is C71H136I4N4O4. The molecule has 0 atom stereocenters. The molecule has 0 aromatic heterocycles. The van der Waals surface area contributed by atoms with E-state index in [0.717, 1.165) is 93.1 Å². The minimum Gasteiger partial charge on any atom is -1.00 e. The monoisotopic (exact) mass is 1620 g/mol. The number of halogens is 4. The number of quaternary nitrogens is 4. The molecular weight excluding hydrogens is 1480 g/mol. The Balaban J connectivity index is -0.00000162. The van der Waals surface area contributed by atoms with Gasteiger partial charge in [-0.25, -0.2) is 0 Å². The topological polar surface area (TPSA) is 36.9 Å². The summed E-state index contributed by atoms with van der Waals surface area (Å²) in [6, 6.07) is 12.7. The van der Waals surface area contributed by atoms with Crippen LogP contribution in [-0.2, 0) is 0 Å². The molecule has 2 aromatic rings. The minimum atomic E-state index is 0. The molecule has 0 saturated heterocycles. The van der Waals surface area contributed by atoms with Crippen molar-refractivity contribution in [2.24, 2.45) is 0 Å². The number of unbranched alkanes of at least 4 members (excludes halogenated alkanes) is 22. The van der Waals surface area contributed by atoms with E-state index in [1.54, 1.807) is 0 Å². The van der Waals surface area contributed by atoms with Crippen LogP contribution in [0.3, 0.4) is 0 Å². The highest BCUT2D eigenvalue weighted by Gasteiger charge is 2.17. The average Bonchev–Trinajstić information content (AvgIpc) is 3.41. The zero-order valence-corrected chi connectivity index (χ0v) is 65.6. The Morgan fingerprint density at radius 1 is 0.241 bits per heavy atom. The van der Waals surface area contributed by atoms with E-state index in [1.807, 2.05) is 0 Å². The van der Waals surface area contributed by atoms with Gasteiger partial charge in [0.15, 0.2) is 0 Å². The van der Waals surface area contributed by atoms with Crippen LogP contribution in [0.2, 0.25) is 0 Å². The SMILES string of the molecule is CCCCCC[N+](C)(C)CCCC.CCCCCC[N+](C)(C)CCCCCCOc1cc(/C=C/c2cc(OCCCCCC[N+](C)(C)CCCCCC)cc(OCCCCCC[N+](C)(C)CCCCCC)c2)cc(OCCC)c1.[I-].[I-].[I-].[I-]. The van der Waals surface area contributed by atoms with Crippen molar-refractivity contribution >= 4 is 12.2 Å². The fourth-order valence-electron chi connectivity index (χ4n) is 10.6. The van der Waals surface area contributed by atoms with Gasteiger partial charge in [0.25, 0.3) is 0 Å². The molecule has 83 heavy (non-hydrogen) atoms. The number of hydrogen-bond donors (Lipinski definition) is 0. The van der Waals surface area contributed by atoms with Crippen LogP contribution < -0.4 is 115 Å². The van der Waals surface area contributed by atoms with Gasteiger partial charge in [-0.15, -0.1) is 0 Å². The lowest BCUT2D eigenvalue weighted by atomic mass is 10.1. The van der Waals surface area contributed by atoms with Crippen molar-refractivity contribution in [3.63, 3.8) is 0 Å². The van der Waals surface area contributed by atoms with E-state index in [0.29, 0.717) is 6.61 Å². The highest BCUT2D eigenvalue weighted by Crippen LogP contribution is 2.28. The predicted molar refractivity (Wildman–Crippen MR) is 348 cm³/mol. The smallest absolute Gasteiger partial charge is 0.123 e. The average molecular weight is 1620 g/mol.